The molecule has 1 amide bonds. The number of carbonyl (C=O) groups is 1. The minimum absolute atomic E-state index is 0.0148. The maximum atomic E-state index is 12.6. The lowest BCUT2D eigenvalue weighted by Gasteiger charge is -2.39. The zero-order valence-corrected chi connectivity index (χ0v) is 18.7. The number of nitriles is 1. The number of hydrogen-bond donors (Lipinski definition) is 0. The molecule has 30 heavy (non-hydrogen) atoms. The lowest BCUT2D eigenvalue weighted by Crippen LogP contribution is -2.50. The highest BCUT2D eigenvalue weighted by Gasteiger charge is 2.45. The average Bonchev–Trinajstić information content (AvgIpc) is 3.21. The molecule has 1 aromatic heterocycles. The molecule has 0 saturated carbocycles. The van der Waals surface area contributed by atoms with Crippen LogP contribution in [0.4, 0.5) is 4.79 Å². The minimum Gasteiger partial charge on any atom is -0.490 e. The van der Waals surface area contributed by atoms with Gasteiger partial charge in [-0.2, -0.15) is 5.26 Å². The fraction of sp³-hybridized carbons (Fsp3) is 0.522. The molecular formula is C23H27N3O3S. The van der Waals surface area contributed by atoms with Gasteiger partial charge in [0.15, 0.2) is 0 Å². The van der Waals surface area contributed by atoms with Crippen molar-refractivity contribution >= 4 is 17.4 Å². The number of piperidine rings is 1. The van der Waals surface area contributed by atoms with Crippen molar-refractivity contribution in [3.63, 3.8) is 0 Å². The SMILES string of the molecule is Cc1cnc(-c2cc(C#N)cc(OC3CC4CCC(C3)N4C(=O)OC(C)(C)C)c2)s1. The van der Waals surface area contributed by atoms with E-state index in [1.165, 1.54) is 0 Å². The van der Waals surface area contributed by atoms with Crippen LogP contribution in [0, 0.1) is 18.3 Å². The molecule has 6 nitrogen and oxygen atoms in total. The second-order valence-electron chi connectivity index (χ2n) is 9.12. The van der Waals surface area contributed by atoms with Crippen molar-refractivity contribution in [1.29, 1.82) is 5.26 Å². The molecule has 4 rings (SSSR count). The van der Waals surface area contributed by atoms with Crippen LogP contribution in [0.3, 0.4) is 0 Å². The van der Waals surface area contributed by atoms with Gasteiger partial charge in [0, 0.05) is 41.6 Å². The largest absolute Gasteiger partial charge is 0.490 e. The maximum absolute atomic E-state index is 12.6. The smallest absolute Gasteiger partial charge is 0.410 e. The zero-order chi connectivity index (χ0) is 21.5. The Morgan fingerprint density at radius 2 is 1.93 bits per heavy atom. The number of benzene rings is 1. The van der Waals surface area contributed by atoms with Crippen LogP contribution in [0.5, 0.6) is 5.75 Å². The first kappa shape index (κ1) is 20.7. The number of thiazole rings is 1. The van der Waals surface area contributed by atoms with Gasteiger partial charge in [-0.1, -0.05) is 0 Å². The van der Waals surface area contributed by atoms with Crippen molar-refractivity contribution in [2.24, 2.45) is 0 Å². The van der Waals surface area contributed by atoms with Gasteiger partial charge in [-0.3, -0.25) is 0 Å². The van der Waals surface area contributed by atoms with E-state index in [1.807, 2.05) is 50.9 Å². The molecule has 0 N–H and O–H groups in total. The van der Waals surface area contributed by atoms with E-state index in [-0.39, 0.29) is 24.3 Å². The summed E-state index contributed by atoms with van der Waals surface area (Å²) in [4.78, 5) is 20.1. The highest BCUT2D eigenvalue weighted by atomic mass is 32.1. The Kier molecular flexibility index (Phi) is 5.46. The molecule has 158 valence electrons. The predicted octanol–water partition coefficient (Wildman–Crippen LogP) is 5.30. The Hall–Kier alpha value is -2.59. The average molecular weight is 426 g/mol. The van der Waals surface area contributed by atoms with Crippen molar-refractivity contribution in [1.82, 2.24) is 9.88 Å². The van der Waals surface area contributed by atoms with Gasteiger partial charge in [0.25, 0.3) is 0 Å². The molecule has 0 spiro atoms. The van der Waals surface area contributed by atoms with Gasteiger partial charge in [-0.05, 0) is 58.7 Å². The topological polar surface area (TPSA) is 75.5 Å². The van der Waals surface area contributed by atoms with Crippen molar-refractivity contribution in [3.8, 4) is 22.4 Å². The highest BCUT2D eigenvalue weighted by Crippen LogP contribution is 2.39. The standard InChI is InChI=1S/C23H27N3O3S/c1-14-13-25-21(30-14)16-7-15(12-24)8-19(9-16)28-20-10-17-5-6-18(11-20)26(17)22(27)29-23(2,3)4/h7-9,13,17-18,20H,5-6,10-11H2,1-4H3. The summed E-state index contributed by atoms with van der Waals surface area (Å²) in [5.41, 5.74) is 0.965. The first-order valence-corrected chi connectivity index (χ1v) is 11.2. The molecule has 2 bridgehead atoms. The van der Waals surface area contributed by atoms with E-state index in [9.17, 15) is 10.1 Å². The van der Waals surface area contributed by atoms with Gasteiger partial charge in [0.05, 0.1) is 11.6 Å². The third-order valence-corrected chi connectivity index (χ3v) is 6.46. The number of nitrogens with zero attached hydrogens (tertiary/aromatic N) is 3. The van der Waals surface area contributed by atoms with Gasteiger partial charge in [0.1, 0.15) is 22.5 Å². The lowest BCUT2D eigenvalue weighted by atomic mass is 10.00. The number of hydrogen-bond acceptors (Lipinski definition) is 6. The Balaban J connectivity index is 1.49. The van der Waals surface area contributed by atoms with E-state index in [0.29, 0.717) is 11.3 Å². The van der Waals surface area contributed by atoms with E-state index in [0.717, 1.165) is 41.1 Å². The number of aryl methyl sites for hydroxylation is 1. The van der Waals surface area contributed by atoms with Crippen LogP contribution in [0.25, 0.3) is 10.6 Å². The van der Waals surface area contributed by atoms with Gasteiger partial charge in [0.2, 0.25) is 0 Å². The summed E-state index contributed by atoms with van der Waals surface area (Å²) < 4.78 is 11.9. The van der Waals surface area contributed by atoms with Crippen LogP contribution in [0.1, 0.15) is 56.9 Å². The number of fused-ring (bicyclic) bond motifs is 2. The van der Waals surface area contributed by atoms with Gasteiger partial charge >= 0.3 is 6.09 Å². The van der Waals surface area contributed by atoms with Gasteiger partial charge in [-0.15, -0.1) is 11.3 Å². The molecule has 2 aliphatic heterocycles. The van der Waals surface area contributed by atoms with E-state index in [1.54, 1.807) is 17.4 Å². The molecule has 2 aliphatic rings. The molecule has 0 radical (unpaired) electrons. The second kappa shape index (κ2) is 7.92. The van der Waals surface area contributed by atoms with Gasteiger partial charge in [-0.25, -0.2) is 9.78 Å². The lowest BCUT2D eigenvalue weighted by molar-refractivity contribution is -0.00706. The Morgan fingerprint density at radius 3 is 2.50 bits per heavy atom. The Bertz CT molecular complexity index is 974. The fourth-order valence-corrected chi connectivity index (χ4v) is 5.12. The molecule has 2 fully saturated rings. The normalized spacial score (nSPS) is 23.2. The molecule has 3 heterocycles. The molecule has 7 heteroatoms. The molecule has 2 aromatic rings. The van der Waals surface area contributed by atoms with Crippen molar-refractivity contribution < 1.29 is 14.3 Å². The number of rotatable bonds is 3. The van der Waals surface area contributed by atoms with Crippen LogP contribution >= 0.6 is 11.3 Å². The highest BCUT2D eigenvalue weighted by molar-refractivity contribution is 7.14. The summed E-state index contributed by atoms with van der Waals surface area (Å²) in [7, 11) is 0. The number of aromatic nitrogens is 1. The predicted molar refractivity (Wildman–Crippen MR) is 116 cm³/mol. The van der Waals surface area contributed by atoms with Crippen LogP contribution < -0.4 is 4.74 Å². The Labute approximate surface area is 181 Å². The summed E-state index contributed by atoms with van der Waals surface area (Å²) in [6.45, 7) is 7.70. The van der Waals surface area contributed by atoms with Crippen LogP contribution in [-0.4, -0.2) is 39.8 Å². The van der Waals surface area contributed by atoms with Crippen LogP contribution in [0.2, 0.25) is 0 Å². The van der Waals surface area contributed by atoms with E-state index in [2.05, 4.69) is 11.1 Å². The first-order valence-electron chi connectivity index (χ1n) is 10.4. The van der Waals surface area contributed by atoms with Crippen LogP contribution in [0.15, 0.2) is 24.4 Å². The number of ether oxygens (including phenoxy) is 2. The summed E-state index contributed by atoms with van der Waals surface area (Å²) in [6.07, 6.45) is 5.14. The van der Waals surface area contributed by atoms with Crippen molar-refractivity contribution in [3.05, 3.63) is 34.8 Å². The molecule has 1 aromatic carbocycles. The minimum atomic E-state index is -0.494. The van der Waals surface area contributed by atoms with Crippen molar-refractivity contribution in [2.75, 3.05) is 0 Å². The third kappa shape index (κ3) is 4.44. The number of amides is 1. The monoisotopic (exact) mass is 425 g/mol. The summed E-state index contributed by atoms with van der Waals surface area (Å²) >= 11 is 1.60. The van der Waals surface area contributed by atoms with E-state index in [4.69, 9.17) is 9.47 Å². The van der Waals surface area contributed by atoms with Crippen molar-refractivity contribution in [2.45, 2.75) is 77.2 Å². The quantitative estimate of drug-likeness (QED) is 0.667. The fourth-order valence-electron chi connectivity index (χ4n) is 4.37. The van der Waals surface area contributed by atoms with E-state index < -0.39 is 5.60 Å². The second-order valence-corrected chi connectivity index (χ2v) is 10.4. The molecule has 0 aliphatic carbocycles. The molecule has 2 unspecified atom stereocenters. The number of carbonyl (C=O) groups excluding carboxylic acids is 1. The Morgan fingerprint density at radius 1 is 1.23 bits per heavy atom. The summed E-state index contributed by atoms with van der Waals surface area (Å²) in [5, 5.41) is 10.3. The molecular weight excluding hydrogens is 398 g/mol. The molecule has 2 atom stereocenters. The van der Waals surface area contributed by atoms with Gasteiger partial charge < -0.3 is 14.4 Å². The summed E-state index contributed by atoms with van der Waals surface area (Å²) in [5.74, 6) is 0.687. The maximum Gasteiger partial charge on any atom is 0.410 e. The van der Waals surface area contributed by atoms with E-state index >= 15 is 0 Å². The van der Waals surface area contributed by atoms with Crippen LogP contribution in [-0.2, 0) is 4.74 Å². The summed E-state index contributed by atoms with van der Waals surface area (Å²) in [6, 6.07) is 8.10. The zero-order valence-electron chi connectivity index (χ0n) is 17.8. The first-order chi connectivity index (χ1) is 14.2. The third-order valence-electron chi connectivity index (χ3n) is 5.50. The molecule has 2 saturated heterocycles.